The van der Waals surface area contributed by atoms with Crippen molar-refractivity contribution in [2.75, 3.05) is 0 Å². The zero-order chi connectivity index (χ0) is 24.7. The topological polar surface area (TPSA) is 116 Å². The predicted molar refractivity (Wildman–Crippen MR) is 118 cm³/mol. The lowest BCUT2D eigenvalue weighted by Crippen LogP contribution is -2.61. The van der Waals surface area contributed by atoms with Gasteiger partial charge in [0.15, 0.2) is 5.60 Å². The van der Waals surface area contributed by atoms with Gasteiger partial charge in [-0.25, -0.2) is 19.2 Å². The van der Waals surface area contributed by atoms with Gasteiger partial charge in [0.1, 0.15) is 6.04 Å². The van der Waals surface area contributed by atoms with Crippen LogP contribution in [0.1, 0.15) is 34.0 Å². The molecule has 0 spiro atoms. The van der Waals surface area contributed by atoms with Crippen molar-refractivity contribution >= 4 is 11.8 Å². The summed E-state index contributed by atoms with van der Waals surface area (Å²) in [6.07, 6.45) is 1.97. The summed E-state index contributed by atoms with van der Waals surface area (Å²) < 4.78 is 28.2. The number of hydroxylamine groups is 1. The van der Waals surface area contributed by atoms with Crippen LogP contribution in [-0.4, -0.2) is 49.7 Å². The Balaban J connectivity index is 1.66. The minimum Gasteiger partial charge on any atom is -0.381 e. The Morgan fingerprint density at radius 3 is 2.18 bits per heavy atom. The van der Waals surface area contributed by atoms with E-state index in [0.29, 0.717) is 19.0 Å². The fourth-order valence-electron chi connectivity index (χ4n) is 3.02. The number of carbonyl (C=O) groups excluding carboxylic acids is 2. The van der Waals surface area contributed by atoms with E-state index >= 15 is 0 Å². The van der Waals surface area contributed by atoms with Crippen molar-refractivity contribution in [2.45, 2.75) is 31.5 Å². The average Bonchev–Trinajstić information content (AvgIpc) is 3.34. The molecule has 0 bridgehead atoms. The first-order valence-corrected chi connectivity index (χ1v) is 10.1. The first-order chi connectivity index (χ1) is 16.2. The lowest BCUT2D eigenvalue weighted by molar-refractivity contribution is -0.149. The van der Waals surface area contributed by atoms with Crippen LogP contribution < -0.4 is 10.8 Å². The number of alkyl halides is 2. The lowest BCUT2D eigenvalue weighted by atomic mass is 9.95. The number of nitrogens with zero attached hydrogens (tertiary/aromatic N) is 2. The molecule has 1 unspecified atom stereocenters. The van der Waals surface area contributed by atoms with Crippen LogP contribution in [-0.2, 0) is 11.3 Å². The van der Waals surface area contributed by atoms with Crippen molar-refractivity contribution in [3.63, 3.8) is 0 Å². The second-order valence-corrected chi connectivity index (χ2v) is 7.67. The van der Waals surface area contributed by atoms with Crippen LogP contribution in [0.4, 0.5) is 8.78 Å². The Hall–Kier alpha value is -4.07. The van der Waals surface area contributed by atoms with Crippen molar-refractivity contribution in [1.29, 1.82) is 0 Å². The minimum atomic E-state index is -3.35. The summed E-state index contributed by atoms with van der Waals surface area (Å²) in [7, 11) is 0. The SMILES string of the molecule is CC(O)(C(F)F)[C@H](NC(=O)c1ccc(C#Cc2ccc(Cn3ccnc3)cc2)cc1)C(=O)NO. The highest BCUT2D eigenvalue weighted by atomic mass is 19.3. The van der Waals surface area contributed by atoms with Crippen molar-refractivity contribution in [3.8, 4) is 11.8 Å². The number of aliphatic hydroxyl groups is 1. The van der Waals surface area contributed by atoms with Crippen molar-refractivity contribution in [1.82, 2.24) is 20.3 Å². The molecule has 1 heterocycles. The monoisotopic (exact) mass is 468 g/mol. The average molecular weight is 468 g/mol. The highest BCUT2D eigenvalue weighted by Crippen LogP contribution is 2.20. The van der Waals surface area contributed by atoms with Gasteiger partial charge in [-0.2, -0.15) is 0 Å². The molecule has 3 rings (SSSR count). The molecule has 2 amide bonds. The van der Waals surface area contributed by atoms with Crippen LogP contribution in [0.25, 0.3) is 0 Å². The minimum absolute atomic E-state index is 0.0511. The van der Waals surface area contributed by atoms with E-state index in [-0.39, 0.29) is 5.56 Å². The molecule has 0 aliphatic rings. The maximum Gasteiger partial charge on any atom is 0.269 e. The molecule has 0 aliphatic heterocycles. The molecule has 10 heteroatoms. The zero-order valence-corrected chi connectivity index (χ0v) is 18.1. The van der Waals surface area contributed by atoms with Crippen molar-refractivity contribution in [2.24, 2.45) is 0 Å². The first-order valence-electron chi connectivity index (χ1n) is 10.1. The number of hydrogen-bond donors (Lipinski definition) is 4. The highest BCUT2D eigenvalue weighted by molar-refractivity contribution is 5.97. The molecule has 1 aromatic heterocycles. The summed E-state index contributed by atoms with van der Waals surface area (Å²) in [5.74, 6) is 3.72. The molecule has 0 aliphatic carbocycles. The quantitative estimate of drug-likeness (QED) is 0.240. The second kappa shape index (κ2) is 10.7. The number of imidazole rings is 1. The van der Waals surface area contributed by atoms with E-state index in [1.54, 1.807) is 24.7 Å². The molecule has 34 heavy (non-hydrogen) atoms. The van der Waals surface area contributed by atoms with Crippen LogP contribution in [0, 0.1) is 11.8 Å². The second-order valence-electron chi connectivity index (χ2n) is 7.67. The Morgan fingerprint density at radius 1 is 1.09 bits per heavy atom. The molecule has 4 N–H and O–H groups in total. The van der Waals surface area contributed by atoms with Crippen molar-refractivity contribution < 1.29 is 28.7 Å². The van der Waals surface area contributed by atoms with E-state index in [9.17, 15) is 23.5 Å². The highest BCUT2D eigenvalue weighted by Gasteiger charge is 2.46. The van der Waals surface area contributed by atoms with E-state index in [0.717, 1.165) is 11.1 Å². The zero-order valence-electron chi connectivity index (χ0n) is 18.1. The van der Waals surface area contributed by atoms with Gasteiger partial charge in [-0.1, -0.05) is 24.0 Å². The van der Waals surface area contributed by atoms with Gasteiger partial charge in [0.25, 0.3) is 18.2 Å². The maximum absolute atomic E-state index is 13.1. The molecule has 0 fully saturated rings. The standard InChI is InChI=1S/C24H22F2N4O4/c1-24(33,23(25)26)20(22(32)29-34)28-21(31)19-10-8-17(9-11-19)3-2-16-4-6-18(7-5-16)14-30-13-12-27-15-30/h4-13,15,20,23,33-34H,14H2,1H3,(H,28,31)(H,29,32)/t20-,24?/m1/s1. The summed E-state index contributed by atoms with van der Waals surface area (Å²) in [5, 5.41) is 20.7. The van der Waals surface area contributed by atoms with Crippen LogP contribution in [0.15, 0.2) is 67.3 Å². The molecule has 3 aromatic rings. The fraction of sp³-hybridized carbons (Fsp3) is 0.208. The summed E-state index contributed by atoms with van der Waals surface area (Å²) >= 11 is 0. The number of nitrogens with one attached hydrogen (secondary N) is 2. The van der Waals surface area contributed by atoms with E-state index in [2.05, 4.69) is 16.8 Å². The van der Waals surface area contributed by atoms with Gasteiger partial charge in [-0.3, -0.25) is 14.8 Å². The largest absolute Gasteiger partial charge is 0.381 e. The Morgan fingerprint density at radius 2 is 1.68 bits per heavy atom. The Bertz CT molecular complexity index is 1180. The van der Waals surface area contributed by atoms with Gasteiger partial charge in [-0.05, 0) is 48.9 Å². The number of rotatable bonds is 7. The number of hydrogen-bond acceptors (Lipinski definition) is 5. The van der Waals surface area contributed by atoms with Crippen molar-refractivity contribution in [3.05, 3.63) is 89.5 Å². The smallest absolute Gasteiger partial charge is 0.269 e. The van der Waals surface area contributed by atoms with Gasteiger partial charge >= 0.3 is 0 Å². The number of halogens is 2. The molecule has 8 nitrogen and oxygen atoms in total. The summed E-state index contributed by atoms with van der Waals surface area (Å²) in [6, 6.07) is 11.5. The first kappa shape index (κ1) is 24.6. The molecular formula is C24H22F2N4O4. The molecule has 2 aromatic carbocycles. The number of benzene rings is 2. The lowest BCUT2D eigenvalue weighted by Gasteiger charge is -2.30. The van der Waals surface area contributed by atoms with Gasteiger partial charge in [0, 0.05) is 35.6 Å². The third kappa shape index (κ3) is 6.04. The van der Waals surface area contributed by atoms with E-state index in [1.807, 2.05) is 40.3 Å². The summed E-state index contributed by atoms with van der Waals surface area (Å²) in [5.41, 5.74) is 0.810. The van der Waals surface area contributed by atoms with Crippen LogP contribution >= 0.6 is 0 Å². The maximum atomic E-state index is 13.1. The van der Waals surface area contributed by atoms with Gasteiger partial charge in [0.05, 0.1) is 6.33 Å². The van der Waals surface area contributed by atoms with Gasteiger partial charge in [0.2, 0.25) is 0 Å². The Kier molecular flexibility index (Phi) is 7.73. The normalized spacial score (nSPS) is 13.4. The van der Waals surface area contributed by atoms with E-state index < -0.39 is 29.9 Å². The molecular weight excluding hydrogens is 446 g/mol. The van der Waals surface area contributed by atoms with Gasteiger partial charge < -0.3 is 15.0 Å². The van der Waals surface area contributed by atoms with Crippen LogP contribution in [0.5, 0.6) is 0 Å². The molecule has 0 saturated carbocycles. The van der Waals surface area contributed by atoms with Gasteiger partial charge in [-0.15, -0.1) is 0 Å². The number of amides is 2. The third-order valence-electron chi connectivity index (χ3n) is 5.05. The summed E-state index contributed by atoms with van der Waals surface area (Å²) in [4.78, 5) is 28.1. The molecule has 0 radical (unpaired) electrons. The molecule has 2 atom stereocenters. The Labute approximate surface area is 194 Å². The number of carbonyl (C=O) groups is 2. The fourth-order valence-corrected chi connectivity index (χ4v) is 3.02. The van der Waals surface area contributed by atoms with E-state index in [4.69, 9.17) is 5.21 Å². The molecule has 0 saturated heterocycles. The molecule has 176 valence electrons. The summed E-state index contributed by atoms with van der Waals surface area (Å²) in [6.45, 7) is 1.38. The number of aromatic nitrogens is 2. The van der Waals surface area contributed by atoms with Crippen LogP contribution in [0.2, 0.25) is 0 Å². The van der Waals surface area contributed by atoms with E-state index in [1.165, 1.54) is 17.6 Å². The predicted octanol–water partition coefficient (Wildman–Crippen LogP) is 1.95. The third-order valence-corrected chi connectivity index (χ3v) is 5.05. The van der Waals surface area contributed by atoms with Crippen LogP contribution in [0.3, 0.4) is 0 Å².